The highest BCUT2D eigenvalue weighted by Crippen LogP contribution is 2.51. The van der Waals surface area contributed by atoms with E-state index in [2.05, 4.69) is 67.7 Å². The topological polar surface area (TPSA) is 86.5 Å². The molecule has 0 bridgehead atoms. The number of fused-ring (bicyclic) bond motifs is 5. The Morgan fingerprint density at radius 2 is 1.94 bits per heavy atom. The van der Waals surface area contributed by atoms with Crippen LogP contribution in [0.3, 0.4) is 0 Å². The van der Waals surface area contributed by atoms with Crippen molar-refractivity contribution in [2.45, 2.75) is 12.5 Å². The maximum atomic E-state index is 13.5. The van der Waals surface area contributed by atoms with Gasteiger partial charge in [-0.2, -0.15) is 0 Å². The molecule has 2 aliphatic rings. The smallest absolute Gasteiger partial charge is 0.252 e. The predicted octanol–water partition coefficient (Wildman–Crippen LogP) is 5.55. The van der Waals surface area contributed by atoms with E-state index < -0.39 is 0 Å². The van der Waals surface area contributed by atoms with Gasteiger partial charge < -0.3 is 15.3 Å². The molecule has 0 aliphatic heterocycles. The van der Waals surface area contributed by atoms with E-state index in [4.69, 9.17) is 0 Å². The predicted molar refractivity (Wildman–Crippen MR) is 133 cm³/mol. The minimum absolute atomic E-state index is 0.0837. The quantitative estimate of drug-likeness (QED) is 0.342. The summed E-state index contributed by atoms with van der Waals surface area (Å²) in [6.45, 7) is 0. The number of carbonyl (C=O) groups is 1. The fourth-order valence-electron chi connectivity index (χ4n) is 5.48. The highest BCUT2D eigenvalue weighted by atomic mass is 16.1. The van der Waals surface area contributed by atoms with Crippen LogP contribution < -0.4 is 5.32 Å². The van der Waals surface area contributed by atoms with Gasteiger partial charge in [-0.3, -0.25) is 4.79 Å². The normalized spacial score (nSPS) is 18.6. The number of aromatic amines is 2. The van der Waals surface area contributed by atoms with Crippen LogP contribution in [-0.2, 0) is 0 Å². The van der Waals surface area contributed by atoms with Crippen molar-refractivity contribution in [3.63, 3.8) is 0 Å². The monoisotopic (exact) mass is 443 g/mol. The van der Waals surface area contributed by atoms with Gasteiger partial charge in [0.25, 0.3) is 5.91 Å². The highest BCUT2D eigenvalue weighted by Gasteiger charge is 2.39. The van der Waals surface area contributed by atoms with Crippen molar-refractivity contribution >= 4 is 33.5 Å². The van der Waals surface area contributed by atoms with Crippen molar-refractivity contribution in [1.82, 2.24) is 25.3 Å². The molecule has 2 atom stereocenters. The van der Waals surface area contributed by atoms with Gasteiger partial charge in [-0.1, -0.05) is 36.4 Å². The summed E-state index contributed by atoms with van der Waals surface area (Å²) in [6.07, 6.45) is 14.7. The summed E-state index contributed by atoms with van der Waals surface area (Å²) in [5, 5.41) is 5.27. The Bertz CT molecular complexity index is 1650. The van der Waals surface area contributed by atoms with Crippen LogP contribution in [0.5, 0.6) is 0 Å². The number of allylic oxidation sites excluding steroid dienone is 3. The zero-order chi connectivity index (χ0) is 22.6. The Hall–Kier alpha value is -4.45. The molecule has 0 fully saturated rings. The molecule has 6 heteroatoms. The number of nitrogens with zero attached hydrogens (tertiary/aromatic N) is 2. The van der Waals surface area contributed by atoms with Crippen molar-refractivity contribution in [2.24, 2.45) is 5.92 Å². The zero-order valence-electron chi connectivity index (χ0n) is 18.2. The molecule has 4 aromatic heterocycles. The highest BCUT2D eigenvalue weighted by molar-refractivity contribution is 6.06. The maximum absolute atomic E-state index is 13.5. The fraction of sp³-hybridized carbons (Fsp3) is 0.107. The van der Waals surface area contributed by atoms with Crippen molar-refractivity contribution < 1.29 is 4.79 Å². The molecule has 0 radical (unpaired) electrons. The van der Waals surface area contributed by atoms with Crippen LogP contribution in [0.1, 0.15) is 33.9 Å². The van der Waals surface area contributed by atoms with E-state index in [9.17, 15) is 4.79 Å². The molecule has 2 aliphatic carbocycles. The van der Waals surface area contributed by atoms with E-state index in [-0.39, 0.29) is 17.9 Å². The van der Waals surface area contributed by atoms with Gasteiger partial charge >= 0.3 is 0 Å². The van der Waals surface area contributed by atoms with Crippen LogP contribution in [0, 0.1) is 5.92 Å². The molecule has 1 aromatic carbocycles. The number of hydrogen-bond donors (Lipinski definition) is 3. The van der Waals surface area contributed by atoms with Crippen molar-refractivity contribution in [3.8, 4) is 11.1 Å². The first-order valence-corrected chi connectivity index (χ1v) is 11.4. The second kappa shape index (κ2) is 7.28. The molecule has 4 heterocycles. The largest absolute Gasteiger partial charge is 0.346 e. The molecule has 2 unspecified atom stereocenters. The minimum atomic E-state index is -0.107. The number of pyridine rings is 2. The van der Waals surface area contributed by atoms with Gasteiger partial charge in [0.05, 0.1) is 11.6 Å². The van der Waals surface area contributed by atoms with E-state index in [0.29, 0.717) is 5.56 Å². The lowest BCUT2D eigenvalue weighted by Crippen LogP contribution is -2.31. The Morgan fingerprint density at radius 3 is 2.91 bits per heavy atom. The van der Waals surface area contributed by atoms with Crippen molar-refractivity contribution in [2.75, 3.05) is 0 Å². The molecule has 7 rings (SSSR count). The van der Waals surface area contributed by atoms with Gasteiger partial charge in [0.2, 0.25) is 0 Å². The lowest BCUT2D eigenvalue weighted by Gasteiger charge is -2.23. The number of amides is 1. The second-order valence-electron chi connectivity index (χ2n) is 8.85. The molecular formula is C28H21N5O. The molecular weight excluding hydrogens is 422 g/mol. The van der Waals surface area contributed by atoms with Crippen molar-refractivity contribution in [1.29, 1.82) is 0 Å². The molecule has 1 amide bonds. The Morgan fingerprint density at radius 1 is 1.03 bits per heavy atom. The summed E-state index contributed by atoms with van der Waals surface area (Å²) in [6, 6.07) is 14.2. The zero-order valence-corrected chi connectivity index (χ0v) is 18.2. The summed E-state index contributed by atoms with van der Waals surface area (Å²) >= 11 is 0. The van der Waals surface area contributed by atoms with E-state index in [1.54, 1.807) is 12.3 Å². The molecule has 0 saturated heterocycles. The molecule has 6 nitrogen and oxygen atoms in total. The number of nitrogens with one attached hydrogen (secondary N) is 3. The molecule has 0 saturated carbocycles. The molecule has 34 heavy (non-hydrogen) atoms. The Kier molecular flexibility index (Phi) is 4.08. The first kappa shape index (κ1) is 19.1. The van der Waals surface area contributed by atoms with E-state index >= 15 is 0 Å². The standard InChI is InChI=1S/C28H21N5O/c34-28(22-10-13-31-27-21(22)9-12-30-27)33-25-20-5-2-1-4-19(20)24-18(6-3-7-23(24)25)17-14-16-8-11-29-26(16)32-15-17/h1-4,6-15,20,25H,5H2,(H,29,32)(H,30,31)(H,33,34). The van der Waals surface area contributed by atoms with E-state index in [0.717, 1.165) is 45.2 Å². The Labute approximate surface area is 195 Å². The summed E-state index contributed by atoms with van der Waals surface area (Å²) in [5.74, 6) is 0.108. The summed E-state index contributed by atoms with van der Waals surface area (Å²) in [7, 11) is 0. The van der Waals surface area contributed by atoms with Gasteiger partial charge in [0, 0.05) is 47.0 Å². The lowest BCUT2D eigenvalue weighted by molar-refractivity contribution is 0.0931. The van der Waals surface area contributed by atoms with Gasteiger partial charge in [-0.25, -0.2) is 9.97 Å². The second-order valence-corrected chi connectivity index (χ2v) is 8.85. The number of hydrogen-bond acceptors (Lipinski definition) is 3. The first-order chi connectivity index (χ1) is 16.8. The summed E-state index contributed by atoms with van der Waals surface area (Å²) < 4.78 is 0. The molecule has 0 spiro atoms. The number of H-pyrrole nitrogens is 2. The summed E-state index contributed by atoms with van der Waals surface area (Å²) in [4.78, 5) is 28.6. The number of rotatable bonds is 3. The van der Waals surface area contributed by atoms with Gasteiger partial charge in [-0.15, -0.1) is 0 Å². The van der Waals surface area contributed by atoms with Gasteiger partial charge in [-0.05, 0) is 52.9 Å². The van der Waals surface area contributed by atoms with Crippen LogP contribution in [-0.4, -0.2) is 25.8 Å². The van der Waals surface area contributed by atoms with E-state index in [1.807, 2.05) is 30.7 Å². The summed E-state index contributed by atoms with van der Waals surface area (Å²) in [5.41, 5.74) is 8.09. The average molecular weight is 444 g/mol. The van der Waals surface area contributed by atoms with Crippen LogP contribution in [0.2, 0.25) is 0 Å². The molecule has 164 valence electrons. The Balaban J connectivity index is 1.34. The first-order valence-electron chi connectivity index (χ1n) is 11.4. The van der Waals surface area contributed by atoms with E-state index in [1.165, 1.54) is 11.1 Å². The van der Waals surface area contributed by atoms with Gasteiger partial charge in [0.1, 0.15) is 11.3 Å². The van der Waals surface area contributed by atoms with Crippen LogP contribution in [0.15, 0.2) is 85.5 Å². The van der Waals surface area contributed by atoms with Crippen molar-refractivity contribution in [3.05, 3.63) is 102 Å². The fourth-order valence-corrected chi connectivity index (χ4v) is 5.48. The molecule has 5 aromatic rings. The average Bonchev–Trinajstić information content (AvgIpc) is 3.61. The third-order valence-electron chi connectivity index (χ3n) is 7.03. The third-order valence-corrected chi connectivity index (χ3v) is 7.03. The number of benzene rings is 1. The van der Waals surface area contributed by atoms with Gasteiger partial charge in [0.15, 0.2) is 0 Å². The SMILES string of the molecule is O=C(NC1c2cccc(-c3cnc4[nH]ccc4c3)c2C2=CC=CCC21)c1ccnc2[nH]ccc12. The van der Waals surface area contributed by atoms with Crippen LogP contribution in [0.4, 0.5) is 0 Å². The lowest BCUT2D eigenvalue weighted by atomic mass is 9.88. The maximum Gasteiger partial charge on any atom is 0.252 e. The third kappa shape index (κ3) is 2.78. The minimum Gasteiger partial charge on any atom is -0.346 e. The number of carbonyl (C=O) groups excluding carboxylic acids is 1. The van der Waals surface area contributed by atoms with Crippen LogP contribution >= 0.6 is 0 Å². The van der Waals surface area contributed by atoms with Crippen LogP contribution in [0.25, 0.3) is 38.8 Å². The number of aromatic nitrogens is 4. The molecule has 3 N–H and O–H groups in total.